The van der Waals surface area contributed by atoms with Crippen molar-refractivity contribution in [3.8, 4) is 0 Å². The van der Waals surface area contributed by atoms with Crippen LogP contribution < -0.4 is 10.2 Å². The van der Waals surface area contributed by atoms with E-state index < -0.39 is 11.9 Å². The highest BCUT2D eigenvalue weighted by atomic mass is 16.2. The molecule has 6 rings (SSSR count). The molecule has 0 spiro atoms. The molecule has 1 aromatic heterocycles. The minimum absolute atomic E-state index is 0.0907. The van der Waals surface area contributed by atoms with E-state index in [9.17, 15) is 14.4 Å². The zero-order chi connectivity index (χ0) is 23.4. The summed E-state index contributed by atoms with van der Waals surface area (Å²) in [7, 11) is 0. The van der Waals surface area contributed by atoms with Crippen molar-refractivity contribution in [2.75, 3.05) is 4.90 Å². The summed E-state index contributed by atoms with van der Waals surface area (Å²) >= 11 is 0. The lowest BCUT2D eigenvalue weighted by atomic mass is 9.83. The zero-order valence-corrected chi connectivity index (χ0v) is 19.3. The maximum atomic E-state index is 13.3. The molecule has 2 aliphatic heterocycles. The van der Waals surface area contributed by atoms with Gasteiger partial charge in [0.1, 0.15) is 6.04 Å². The van der Waals surface area contributed by atoms with E-state index in [-0.39, 0.29) is 23.8 Å². The Morgan fingerprint density at radius 1 is 1.09 bits per heavy atom. The normalized spacial score (nSPS) is 21.9. The number of nitrogens with zero attached hydrogens (tertiary/aromatic N) is 3. The molecule has 1 N–H and O–H groups in total. The van der Waals surface area contributed by atoms with E-state index in [4.69, 9.17) is 5.10 Å². The highest BCUT2D eigenvalue weighted by Gasteiger charge is 2.40. The van der Waals surface area contributed by atoms with Crippen molar-refractivity contribution in [1.82, 2.24) is 15.1 Å². The van der Waals surface area contributed by atoms with Crippen LogP contribution in [0, 0.1) is 0 Å². The highest BCUT2D eigenvalue weighted by Crippen LogP contribution is 2.41. The van der Waals surface area contributed by atoms with Gasteiger partial charge in [-0.05, 0) is 54.8 Å². The molecule has 2 aromatic carbocycles. The first kappa shape index (κ1) is 21.1. The zero-order valence-electron chi connectivity index (χ0n) is 19.3. The molecule has 7 nitrogen and oxygen atoms in total. The van der Waals surface area contributed by atoms with Gasteiger partial charge in [0.15, 0.2) is 0 Å². The van der Waals surface area contributed by atoms with Crippen LogP contribution in [-0.2, 0) is 21.5 Å². The number of carbonyl (C=O) groups is 3. The van der Waals surface area contributed by atoms with E-state index in [1.165, 1.54) is 19.3 Å². The van der Waals surface area contributed by atoms with Crippen molar-refractivity contribution in [1.29, 1.82) is 0 Å². The van der Waals surface area contributed by atoms with Gasteiger partial charge < -0.3 is 0 Å². The second kappa shape index (κ2) is 7.79. The Balaban J connectivity index is 1.34. The summed E-state index contributed by atoms with van der Waals surface area (Å²) in [5, 5.41) is 9.01. The topological polar surface area (TPSA) is 84.3 Å². The Morgan fingerprint density at radius 3 is 2.71 bits per heavy atom. The van der Waals surface area contributed by atoms with Gasteiger partial charge >= 0.3 is 0 Å². The van der Waals surface area contributed by atoms with Gasteiger partial charge in [-0.15, -0.1) is 0 Å². The molecule has 3 amide bonds. The second-order valence-electron chi connectivity index (χ2n) is 10.1. The fraction of sp³-hybridized carbons (Fsp3) is 0.407. The van der Waals surface area contributed by atoms with Crippen molar-refractivity contribution in [2.45, 2.75) is 69.9 Å². The smallest absolute Gasteiger partial charge is 0.259 e. The summed E-state index contributed by atoms with van der Waals surface area (Å²) in [5.41, 5.74) is 3.74. The van der Waals surface area contributed by atoms with Crippen LogP contribution >= 0.6 is 0 Å². The van der Waals surface area contributed by atoms with Crippen LogP contribution in [0.1, 0.15) is 73.4 Å². The first-order chi connectivity index (χ1) is 16.4. The third-order valence-corrected chi connectivity index (χ3v) is 7.85. The fourth-order valence-electron chi connectivity index (χ4n) is 5.97. The monoisotopic (exact) mass is 456 g/mol. The van der Waals surface area contributed by atoms with E-state index in [0.29, 0.717) is 12.0 Å². The van der Waals surface area contributed by atoms with Crippen LogP contribution in [0.3, 0.4) is 0 Å². The second-order valence-corrected chi connectivity index (χ2v) is 10.1. The lowest BCUT2D eigenvalue weighted by Gasteiger charge is -2.33. The third-order valence-electron chi connectivity index (χ3n) is 7.85. The van der Waals surface area contributed by atoms with Gasteiger partial charge in [0, 0.05) is 30.0 Å². The van der Waals surface area contributed by atoms with Gasteiger partial charge in [-0.1, -0.05) is 37.5 Å². The third kappa shape index (κ3) is 3.25. The quantitative estimate of drug-likeness (QED) is 0.600. The number of hydrogen-bond acceptors (Lipinski definition) is 4. The summed E-state index contributed by atoms with van der Waals surface area (Å²) in [4.78, 5) is 39.1. The number of nitrogens with one attached hydrogen (secondary N) is 1. The molecule has 3 aromatic rings. The summed E-state index contributed by atoms with van der Waals surface area (Å²) in [5.74, 6) is -0.864. The van der Waals surface area contributed by atoms with Crippen molar-refractivity contribution < 1.29 is 14.4 Å². The summed E-state index contributed by atoms with van der Waals surface area (Å²) < 4.78 is 2.15. The highest BCUT2D eigenvalue weighted by molar-refractivity contribution is 6.27. The van der Waals surface area contributed by atoms with E-state index in [0.717, 1.165) is 46.8 Å². The maximum absolute atomic E-state index is 13.3. The van der Waals surface area contributed by atoms with E-state index in [1.54, 1.807) is 4.90 Å². The number of anilines is 1. The molecule has 1 atom stereocenters. The lowest BCUT2D eigenvalue weighted by molar-refractivity contribution is -0.134. The summed E-state index contributed by atoms with van der Waals surface area (Å²) in [6.45, 7) is 2.30. The largest absolute Gasteiger partial charge is 0.295 e. The Labute approximate surface area is 198 Å². The average molecular weight is 457 g/mol. The van der Waals surface area contributed by atoms with Crippen molar-refractivity contribution in [3.05, 3.63) is 59.4 Å². The Morgan fingerprint density at radius 2 is 1.91 bits per heavy atom. The predicted molar refractivity (Wildman–Crippen MR) is 129 cm³/mol. The molecule has 7 heteroatoms. The number of aromatic nitrogens is 2. The Kier molecular flexibility index (Phi) is 4.83. The van der Waals surface area contributed by atoms with Gasteiger partial charge in [0.05, 0.1) is 17.4 Å². The van der Waals surface area contributed by atoms with Crippen LogP contribution in [0.4, 0.5) is 5.69 Å². The van der Waals surface area contributed by atoms with Crippen LogP contribution in [-0.4, -0.2) is 33.5 Å². The number of piperidine rings is 1. The first-order valence-electron chi connectivity index (χ1n) is 12.2. The molecule has 174 valence electrons. The molecule has 3 aliphatic rings. The van der Waals surface area contributed by atoms with Gasteiger partial charge in [-0.25, -0.2) is 0 Å². The van der Waals surface area contributed by atoms with Gasteiger partial charge in [0.2, 0.25) is 11.8 Å². The Hall–Kier alpha value is -3.48. The van der Waals surface area contributed by atoms with Gasteiger partial charge in [0.25, 0.3) is 5.91 Å². The van der Waals surface area contributed by atoms with Crippen LogP contribution in [0.15, 0.2) is 42.7 Å². The molecular weight excluding hydrogens is 428 g/mol. The molecule has 1 aliphatic carbocycles. The summed E-state index contributed by atoms with van der Waals surface area (Å²) in [6.07, 6.45) is 11.6. The van der Waals surface area contributed by atoms with Gasteiger partial charge in [-0.3, -0.25) is 29.3 Å². The van der Waals surface area contributed by atoms with Crippen molar-refractivity contribution in [2.24, 2.45) is 0 Å². The minimum Gasteiger partial charge on any atom is -0.295 e. The van der Waals surface area contributed by atoms with Crippen LogP contribution in [0.5, 0.6) is 0 Å². The number of amides is 3. The summed E-state index contributed by atoms with van der Waals surface area (Å²) in [6, 6.07) is 9.11. The minimum atomic E-state index is -0.666. The standard InChI is InChI=1S/C27H28N4O3/c1-27(12-3-2-4-13-27)30-16-17(15-28-30)14-18-8-9-21-24-19(18)6-5-7-20(24)26(34)31(21)22-10-11-23(32)29-25(22)33/h5-9,15-16,22H,2-4,10-14H2,1H3,(H,29,32,33). The number of benzene rings is 2. The molecule has 34 heavy (non-hydrogen) atoms. The van der Waals surface area contributed by atoms with Crippen LogP contribution in [0.2, 0.25) is 0 Å². The Bertz CT molecular complexity index is 1330. The number of rotatable bonds is 4. The molecular formula is C27H28N4O3. The first-order valence-corrected chi connectivity index (χ1v) is 12.2. The fourth-order valence-corrected chi connectivity index (χ4v) is 5.97. The maximum Gasteiger partial charge on any atom is 0.259 e. The van der Waals surface area contributed by atoms with Crippen molar-refractivity contribution in [3.63, 3.8) is 0 Å². The molecule has 2 fully saturated rings. The van der Waals surface area contributed by atoms with Gasteiger partial charge in [-0.2, -0.15) is 5.10 Å². The number of carbonyl (C=O) groups excluding carboxylic acids is 3. The molecule has 0 radical (unpaired) electrons. The van der Waals surface area contributed by atoms with Crippen molar-refractivity contribution >= 4 is 34.2 Å². The SMILES string of the molecule is CC1(n2cc(Cc3ccc4c5c(cccc35)C(=O)N4C3CCC(=O)NC3=O)cn2)CCCCC1. The van der Waals surface area contributed by atoms with E-state index in [1.807, 2.05) is 30.5 Å². The predicted octanol–water partition coefficient (Wildman–Crippen LogP) is 4.07. The van der Waals surface area contributed by atoms with Crippen LogP contribution in [0.25, 0.3) is 10.8 Å². The lowest BCUT2D eigenvalue weighted by Crippen LogP contribution is -2.53. The average Bonchev–Trinajstić information content (AvgIpc) is 3.41. The molecule has 1 saturated heterocycles. The van der Waals surface area contributed by atoms with E-state index in [2.05, 4.69) is 29.2 Å². The molecule has 0 bridgehead atoms. The number of hydrogen-bond donors (Lipinski definition) is 1. The molecule has 1 saturated carbocycles. The van der Waals surface area contributed by atoms with E-state index >= 15 is 0 Å². The number of imide groups is 1. The molecule has 3 heterocycles. The molecule has 1 unspecified atom stereocenters.